The minimum absolute atomic E-state index is 0.0467. The molecule has 2 aliphatic rings. The van der Waals surface area contributed by atoms with Crippen LogP contribution in [0.25, 0.3) is 0 Å². The minimum Gasteiger partial charge on any atom is -0.454 e. The van der Waals surface area contributed by atoms with E-state index in [9.17, 15) is 18.0 Å². The molecule has 2 heterocycles. The number of nitrogens with one attached hydrogen (secondary N) is 2. The van der Waals surface area contributed by atoms with E-state index >= 15 is 0 Å². The highest BCUT2D eigenvalue weighted by molar-refractivity contribution is 6.31. The lowest BCUT2D eigenvalue weighted by Gasteiger charge is -2.35. The molecular weight excluding hydrogens is 461 g/mol. The largest absolute Gasteiger partial charge is 0.454 e. The molecule has 2 aromatic rings. The maximum absolute atomic E-state index is 12.4. The van der Waals surface area contributed by atoms with Gasteiger partial charge in [0.25, 0.3) is 0 Å². The Bertz CT molecular complexity index is 1060. The summed E-state index contributed by atoms with van der Waals surface area (Å²) >= 11 is 6.15. The molecule has 4 rings (SSSR count). The zero-order chi connectivity index (χ0) is 23.6. The predicted molar refractivity (Wildman–Crippen MR) is 117 cm³/mol. The molecule has 1 unspecified atom stereocenters. The number of carbonyl (C=O) groups is 1. The fourth-order valence-corrected chi connectivity index (χ4v) is 3.88. The van der Waals surface area contributed by atoms with Gasteiger partial charge in [-0.3, -0.25) is 4.79 Å². The van der Waals surface area contributed by atoms with E-state index in [0.29, 0.717) is 47.7 Å². The second kappa shape index (κ2) is 9.58. The first-order chi connectivity index (χ1) is 15.7. The van der Waals surface area contributed by atoms with Crippen LogP contribution in [0.5, 0.6) is 11.5 Å². The van der Waals surface area contributed by atoms with Crippen molar-refractivity contribution in [1.82, 2.24) is 15.5 Å². The van der Waals surface area contributed by atoms with Gasteiger partial charge >= 0.3 is 6.18 Å². The van der Waals surface area contributed by atoms with Gasteiger partial charge in [-0.25, -0.2) is 4.99 Å². The molecule has 33 heavy (non-hydrogen) atoms. The van der Waals surface area contributed by atoms with E-state index in [0.717, 1.165) is 5.56 Å². The predicted octanol–water partition coefficient (Wildman–Crippen LogP) is 3.23. The Morgan fingerprint density at radius 1 is 1.30 bits per heavy atom. The van der Waals surface area contributed by atoms with Crippen molar-refractivity contribution in [2.24, 2.45) is 4.99 Å². The quantitative estimate of drug-likeness (QED) is 0.623. The number of rotatable bonds is 4. The molecule has 0 spiro atoms. The molecule has 0 radical (unpaired) electrons. The van der Waals surface area contributed by atoms with Crippen LogP contribution in [-0.4, -0.2) is 66.3 Å². The molecule has 2 atom stereocenters. The summed E-state index contributed by atoms with van der Waals surface area (Å²) in [6.07, 6.45) is -7.42. The molecule has 1 amide bonds. The third-order valence-electron chi connectivity index (χ3n) is 5.35. The molecule has 0 bridgehead atoms. The number of aliphatic hydroxyl groups excluding tert-OH is 1. The number of ether oxygens (including phenoxy) is 1. The number of para-hydroxylation sites is 1. The molecule has 7 nitrogen and oxygen atoms in total. The smallest absolute Gasteiger partial charge is 0.416 e. The molecule has 176 valence electrons. The van der Waals surface area contributed by atoms with E-state index in [1.807, 2.05) is 29.2 Å². The van der Waals surface area contributed by atoms with Gasteiger partial charge in [-0.15, -0.1) is 0 Å². The van der Waals surface area contributed by atoms with Crippen molar-refractivity contribution >= 4 is 29.0 Å². The highest BCUT2D eigenvalue weighted by atomic mass is 35.5. The van der Waals surface area contributed by atoms with Gasteiger partial charge < -0.3 is 25.4 Å². The van der Waals surface area contributed by atoms with Crippen molar-refractivity contribution in [3.05, 3.63) is 53.1 Å². The van der Waals surface area contributed by atoms with Crippen LogP contribution in [0, 0.1) is 0 Å². The van der Waals surface area contributed by atoms with Gasteiger partial charge in [0, 0.05) is 37.1 Å². The van der Waals surface area contributed by atoms with Crippen molar-refractivity contribution in [2.75, 3.05) is 26.2 Å². The van der Waals surface area contributed by atoms with Gasteiger partial charge in [0.15, 0.2) is 11.9 Å². The van der Waals surface area contributed by atoms with E-state index in [4.69, 9.17) is 26.4 Å². The summed E-state index contributed by atoms with van der Waals surface area (Å²) in [6.45, 7) is 0.674. The summed E-state index contributed by atoms with van der Waals surface area (Å²) in [7, 11) is 0. The number of amides is 1. The Balaban J connectivity index is 1.50. The third kappa shape index (κ3) is 5.58. The van der Waals surface area contributed by atoms with Gasteiger partial charge in [0.05, 0.1) is 12.1 Å². The van der Waals surface area contributed by atoms with E-state index < -0.39 is 24.7 Å². The number of piperazine rings is 1. The molecule has 2 aromatic carbocycles. The number of nitrogens with zero attached hydrogens (tertiary/aromatic N) is 2. The maximum Gasteiger partial charge on any atom is 0.416 e. The molecule has 11 heteroatoms. The third-order valence-corrected chi connectivity index (χ3v) is 5.59. The van der Waals surface area contributed by atoms with Crippen LogP contribution >= 0.6 is 11.6 Å². The molecule has 0 aliphatic carbocycles. The summed E-state index contributed by atoms with van der Waals surface area (Å²) in [6, 6.07) is 12.3. The topological polar surface area (TPSA) is 86.2 Å². The molecule has 0 aromatic heterocycles. The SMILES string of the molecule is O=C(C[C@H]1CN(C2=Nc3cc(Cl)ccc3Oc3ccccc32)CCN1)NCC(O)C(F)(F)F. The fourth-order valence-electron chi connectivity index (χ4n) is 3.72. The number of aliphatic imine (C=N–C) groups is 1. The van der Waals surface area contributed by atoms with Crippen LogP contribution in [-0.2, 0) is 4.79 Å². The number of carbonyl (C=O) groups excluding carboxylic acids is 1. The van der Waals surface area contributed by atoms with Gasteiger partial charge in [-0.05, 0) is 30.3 Å². The van der Waals surface area contributed by atoms with Crippen molar-refractivity contribution in [3.8, 4) is 11.5 Å². The summed E-state index contributed by atoms with van der Waals surface area (Å²) in [4.78, 5) is 19.0. The first kappa shape index (κ1) is 23.3. The van der Waals surface area contributed by atoms with Crippen molar-refractivity contribution in [1.29, 1.82) is 0 Å². The number of benzene rings is 2. The first-order valence-corrected chi connectivity index (χ1v) is 10.7. The lowest BCUT2D eigenvalue weighted by molar-refractivity contribution is -0.201. The summed E-state index contributed by atoms with van der Waals surface area (Å²) in [5.41, 5.74) is 1.35. The molecule has 3 N–H and O–H groups in total. The summed E-state index contributed by atoms with van der Waals surface area (Å²) < 4.78 is 43.4. The summed E-state index contributed by atoms with van der Waals surface area (Å²) in [5, 5.41) is 14.9. The minimum atomic E-state index is -4.78. The molecular formula is C22H22ClF3N4O3. The lowest BCUT2D eigenvalue weighted by Crippen LogP contribution is -2.54. The highest BCUT2D eigenvalue weighted by Gasteiger charge is 2.38. The molecule has 1 saturated heterocycles. The average Bonchev–Trinajstić information content (AvgIpc) is 2.93. The Kier molecular flexibility index (Phi) is 6.78. The van der Waals surface area contributed by atoms with Crippen molar-refractivity contribution in [2.45, 2.75) is 24.7 Å². The second-order valence-electron chi connectivity index (χ2n) is 7.81. The fraction of sp³-hybridized carbons (Fsp3) is 0.364. The van der Waals surface area contributed by atoms with Crippen LogP contribution in [0.1, 0.15) is 12.0 Å². The Hall–Kier alpha value is -2.82. The van der Waals surface area contributed by atoms with Crippen LogP contribution < -0.4 is 15.4 Å². The number of hydrogen-bond acceptors (Lipinski definition) is 6. The number of halogens is 4. The molecule has 0 saturated carbocycles. The number of fused-ring (bicyclic) bond motifs is 2. The van der Waals surface area contributed by atoms with E-state index in [1.165, 1.54) is 0 Å². The number of hydrogen-bond donors (Lipinski definition) is 3. The van der Waals surface area contributed by atoms with Gasteiger partial charge in [0.1, 0.15) is 17.3 Å². The average molecular weight is 483 g/mol. The first-order valence-electron chi connectivity index (χ1n) is 10.4. The number of alkyl halides is 3. The Morgan fingerprint density at radius 3 is 2.88 bits per heavy atom. The maximum atomic E-state index is 12.4. The zero-order valence-corrected chi connectivity index (χ0v) is 18.2. The Morgan fingerprint density at radius 2 is 2.09 bits per heavy atom. The van der Waals surface area contributed by atoms with Crippen molar-refractivity contribution < 1.29 is 27.8 Å². The van der Waals surface area contributed by atoms with Crippen LogP contribution in [0.15, 0.2) is 47.5 Å². The molecule has 1 fully saturated rings. The second-order valence-corrected chi connectivity index (χ2v) is 8.24. The lowest BCUT2D eigenvalue weighted by atomic mass is 10.1. The van der Waals surface area contributed by atoms with Gasteiger partial charge in [-0.1, -0.05) is 23.7 Å². The van der Waals surface area contributed by atoms with Crippen molar-refractivity contribution in [3.63, 3.8) is 0 Å². The van der Waals surface area contributed by atoms with E-state index in [-0.39, 0.29) is 12.5 Å². The monoisotopic (exact) mass is 482 g/mol. The molecule has 2 aliphatic heterocycles. The number of aliphatic hydroxyl groups is 1. The van der Waals surface area contributed by atoms with E-state index in [2.05, 4.69) is 10.6 Å². The van der Waals surface area contributed by atoms with Crippen LogP contribution in [0.3, 0.4) is 0 Å². The number of amidine groups is 1. The van der Waals surface area contributed by atoms with Gasteiger partial charge in [0.2, 0.25) is 5.91 Å². The van der Waals surface area contributed by atoms with Crippen LogP contribution in [0.4, 0.5) is 18.9 Å². The van der Waals surface area contributed by atoms with E-state index in [1.54, 1.807) is 18.2 Å². The van der Waals surface area contributed by atoms with Crippen LogP contribution in [0.2, 0.25) is 5.02 Å². The van der Waals surface area contributed by atoms with Gasteiger partial charge in [-0.2, -0.15) is 13.2 Å². The standard InChI is InChI=1S/C22H22ClF3N4O3/c23-13-5-6-18-16(9-13)29-21(15-3-1-2-4-17(15)33-18)30-8-7-27-14(12-30)10-20(32)28-11-19(31)22(24,25)26/h1-6,9,14,19,27,31H,7-8,10-12H2,(H,28,32)/t14-,19?/m0/s1. The zero-order valence-electron chi connectivity index (χ0n) is 17.4. The normalized spacial score (nSPS) is 18.9. The Labute approximate surface area is 193 Å². The summed E-state index contributed by atoms with van der Waals surface area (Å²) in [5.74, 6) is 1.27. The highest BCUT2D eigenvalue weighted by Crippen LogP contribution is 2.39.